The van der Waals surface area contributed by atoms with Crippen molar-refractivity contribution in [2.24, 2.45) is 0 Å². The number of hydrogen-bond donors (Lipinski definition) is 2. The van der Waals surface area contributed by atoms with E-state index >= 15 is 0 Å². The second-order valence-electron chi connectivity index (χ2n) is 0.365. The van der Waals surface area contributed by atoms with E-state index in [0.29, 0.717) is 0 Å². The molecule has 0 amide bonds. The van der Waals surface area contributed by atoms with Crippen LogP contribution < -0.4 is 0 Å². The third-order valence-corrected chi connectivity index (χ3v) is 0. The summed E-state index contributed by atoms with van der Waals surface area (Å²) in [6, 6.07) is 0. The minimum Gasteiger partial charge on any atom is -0.425 e. The monoisotopic (exact) mass is 197 g/mol. The van der Waals surface area contributed by atoms with E-state index in [4.69, 9.17) is 14.4 Å². The molecule has 0 aliphatic rings. The van der Waals surface area contributed by atoms with Crippen LogP contribution in [0.5, 0.6) is 0 Å². The molecule has 0 rings (SSSR count). The van der Waals surface area contributed by atoms with Gasteiger partial charge in [-0.25, -0.2) is 0 Å². The Morgan fingerprint density at radius 1 is 1.38 bits per heavy atom. The van der Waals surface area contributed by atoms with E-state index in [-0.39, 0.29) is 19.5 Å². The molecule has 0 saturated heterocycles. The zero-order valence-corrected chi connectivity index (χ0v) is 7.81. The molecule has 0 fully saturated rings. The third-order valence-electron chi connectivity index (χ3n) is 0. The molecule has 0 aliphatic heterocycles. The summed E-state index contributed by atoms with van der Waals surface area (Å²) in [7, 11) is -3.13. The van der Waals surface area contributed by atoms with Gasteiger partial charge in [-0.15, -0.1) is 0 Å². The van der Waals surface area contributed by atoms with Crippen molar-refractivity contribution in [3.63, 3.8) is 0 Å². The molecule has 0 aromatic carbocycles. The number of rotatable bonds is 0. The van der Waals surface area contributed by atoms with E-state index in [0.717, 1.165) is 0 Å². The molecule has 2 N–H and O–H groups in total. The van der Waals surface area contributed by atoms with Gasteiger partial charge in [0.2, 0.25) is 0 Å². The van der Waals surface area contributed by atoms with E-state index in [9.17, 15) is 8.78 Å². The molecule has 0 heterocycles. The standard InChI is InChI=1S/CHF2.H3O3P.Zn/c2-1-3;1-4(2)3;/h1H;4H,(H2,1,2,3);/q-1;;. The molecule has 0 radical (unpaired) electrons. The molecule has 8 heavy (non-hydrogen) atoms. The SMILES string of the molecule is F[CH-]F.O=[PH](O)O.[Zn]. The van der Waals surface area contributed by atoms with Gasteiger partial charge in [0.1, 0.15) is 0 Å². The van der Waals surface area contributed by atoms with Crippen molar-refractivity contribution in [1.82, 2.24) is 0 Å². The van der Waals surface area contributed by atoms with Gasteiger partial charge in [-0.1, -0.05) is 0 Å². The maximum Gasteiger partial charge on any atom is 0.314 e. The average Bonchev–Trinajstić information content (AvgIpc) is 1.33. The summed E-state index contributed by atoms with van der Waals surface area (Å²) >= 11 is 0. The van der Waals surface area contributed by atoms with Crippen LogP contribution >= 0.6 is 8.25 Å². The van der Waals surface area contributed by atoms with Crippen LogP contribution in [0.25, 0.3) is 0 Å². The van der Waals surface area contributed by atoms with Crippen LogP contribution in [0, 0.1) is 6.93 Å². The van der Waals surface area contributed by atoms with Crippen LogP contribution in [0.2, 0.25) is 0 Å². The van der Waals surface area contributed by atoms with Gasteiger partial charge >= 0.3 is 8.25 Å². The summed E-state index contributed by atoms with van der Waals surface area (Å²) < 4.78 is 27.7. The Labute approximate surface area is 58.4 Å². The second kappa shape index (κ2) is 15.6. The van der Waals surface area contributed by atoms with Gasteiger partial charge in [0, 0.05) is 19.5 Å². The van der Waals surface area contributed by atoms with Crippen molar-refractivity contribution in [2.45, 2.75) is 0 Å². The van der Waals surface area contributed by atoms with E-state index in [2.05, 4.69) is 0 Å². The minimum atomic E-state index is -3.13. The summed E-state index contributed by atoms with van der Waals surface area (Å²) in [5.41, 5.74) is 0. The third kappa shape index (κ3) is 525. The zero-order valence-electron chi connectivity index (χ0n) is 3.84. The summed E-state index contributed by atoms with van der Waals surface area (Å²) in [5.74, 6) is 0. The fourth-order valence-corrected chi connectivity index (χ4v) is 0. The van der Waals surface area contributed by atoms with Crippen LogP contribution in [-0.2, 0) is 24.0 Å². The predicted molar refractivity (Wildman–Crippen MR) is 20.0 cm³/mol. The molecule has 0 aromatic heterocycles. The number of hydrogen-bond acceptors (Lipinski definition) is 1. The van der Waals surface area contributed by atoms with Gasteiger partial charge in [-0.2, -0.15) is 0 Å². The quantitative estimate of drug-likeness (QED) is 0.337. The van der Waals surface area contributed by atoms with Crippen molar-refractivity contribution in [1.29, 1.82) is 0 Å². The van der Waals surface area contributed by atoms with Gasteiger partial charge in [0.15, 0.2) is 0 Å². The van der Waals surface area contributed by atoms with E-state index < -0.39 is 15.2 Å². The van der Waals surface area contributed by atoms with Gasteiger partial charge in [-0.3, -0.25) is 4.57 Å². The van der Waals surface area contributed by atoms with Crippen LogP contribution in [0.4, 0.5) is 8.78 Å². The predicted octanol–water partition coefficient (Wildman–Crippen LogP) is 0.403. The van der Waals surface area contributed by atoms with Gasteiger partial charge in [0.05, 0.1) is 0 Å². The Hall–Kier alpha value is 0.633. The topological polar surface area (TPSA) is 57.5 Å². The van der Waals surface area contributed by atoms with Gasteiger partial charge in [-0.05, 0) is 6.93 Å². The van der Waals surface area contributed by atoms with Crippen LogP contribution in [0.3, 0.4) is 0 Å². The summed E-state index contributed by atoms with van der Waals surface area (Å²) in [5, 5.41) is 0. The van der Waals surface area contributed by atoms with Crippen molar-refractivity contribution in [2.75, 3.05) is 0 Å². The molecule has 7 heteroatoms. The first-order chi connectivity index (χ1) is 3.15. The minimum absolute atomic E-state index is 0. The molecule has 0 spiro atoms. The largest absolute Gasteiger partial charge is 0.425 e. The Bertz CT molecular complexity index is 48.5. The van der Waals surface area contributed by atoms with Crippen molar-refractivity contribution < 1.29 is 42.6 Å². The van der Waals surface area contributed by atoms with Crippen LogP contribution in [-0.4, -0.2) is 9.79 Å². The molecule has 3 nitrogen and oxygen atoms in total. The van der Waals surface area contributed by atoms with Crippen molar-refractivity contribution in [3.8, 4) is 0 Å². The molecule has 0 aliphatic carbocycles. The van der Waals surface area contributed by atoms with Crippen molar-refractivity contribution >= 4 is 8.25 Å². The maximum absolute atomic E-state index is 9.50. The molecule has 0 unspecified atom stereocenters. The number of halogens is 2. The fourth-order valence-electron chi connectivity index (χ4n) is 0. The molecule has 0 atom stereocenters. The fraction of sp³-hybridized carbons (Fsp3) is 0. The first-order valence-corrected chi connectivity index (χ1v) is 2.39. The molecule has 0 bridgehead atoms. The first-order valence-electron chi connectivity index (χ1n) is 1.09. The van der Waals surface area contributed by atoms with Gasteiger partial charge in [0.25, 0.3) is 0 Å². The Morgan fingerprint density at radius 3 is 1.38 bits per heavy atom. The van der Waals surface area contributed by atoms with Crippen LogP contribution in [0.15, 0.2) is 0 Å². The summed E-state index contributed by atoms with van der Waals surface area (Å²) in [6.07, 6.45) is 0. The van der Waals surface area contributed by atoms with Gasteiger partial charge < -0.3 is 18.6 Å². The second-order valence-corrected chi connectivity index (χ2v) is 0.930. The summed E-state index contributed by atoms with van der Waals surface area (Å²) in [4.78, 5) is 14.3. The normalized spacial score (nSPS) is 6.62. The first kappa shape index (κ1) is 15.9. The molecule has 0 saturated carbocycles. The Morgan fingerprint density at radius 2 is 1.38 bits per heavy atom. The molecule has 48 valence electrons. The van der Waals surface area contributed by atoms with Crippen molar-refractivity contribution in [3.05, 3.63) is 6.93 Å². The molecule has 0 aromatic rings. The Balaban J connectivity index is -0.0000000575. The maximum atomic E-state index is 9.50. The molecular formula is CH4F2O3PZn-. The molecular weight excluding hydrogens is 194 g/mol. The van der Waals surface area contributed by atoms with E-state index in [1.807, 2.05) is 0 Å². The Kier molecular flexibility index (Phi) is 31.0. The zero-order chi connectivity index (χ0) is 6.28. The average molecular weight is 198 g/mol. The smallest absolute Gasteiger partial charge is 0.314 e. The van der Waals surface area contributed by atoms with E-state index in [1.165, 1.54) is 0 Å². The van der Waals surface area contributed by atoms with Crippen LogP contribution in [0.1, 0.15) is 0 Å². The summed E-state index contributed by atoms with van der Waals surface area (Å²) in [6.45, 7) is -1.00. The van der Waals surface area contributed by atoms with E-state index in [1.54, 1.807) is 0 Å².